The average molecular weight is 267 g/mol. The zero-order valence-corrected chi connectivity index (χ0v) is 10.7. The van der Waals surface area contributed by atoms with Gasteiger partial charge in [-0.1, -0.05) is 0 Å². The SMILES string of the molecule is COc1ccc(-c2nc3ccc(F)cn3c2C#N)cc1. The third-order valence-corrected chi connectivity index (χ3v) is 3.05. The maximum atomic E-state index is 13.3. The van der Waals surface area contributed by atoms with Crippen LogP contribution in [-0.4, -0.2) is 16.5 Å². The average Bonchev–Trinajstić information content (AvgIpc) is 2.85. The van der Waals surface area contributed by atoms with Gasteiger partial charge in [0.25, 0.3) is 0 Å². The molecule has 0 atom stereocenters. The Labute approximate surface area is 114 Å². The van der Waals surface area contributed by atoms with Crippen molar-refractivity contribution in [3.05, 3.63) is 54.1 Å². The van der Waals surface area contributed by atoms with Crippen molar-refractivity contribution in [1.82, 2.24) is 9.38 Å². The van der Waals surface area contributed by atoms with Gasteiger partial charge in [0.15, 0.2) is 5.69 Å². The van der Waals surface area contributed by atoms with E-state index in [9.17, 15) is 9.65 Å². The lowest BCUT2D eigenvalue weighted by Gasteiger charge is -2.01. The summed E-state index contributed by atoms with van der Waals surface area (Å²) >= 11 is 0. The van der Waals surface area contributed by atoms with Crippen LogP contribution >= 0.6 is 0 Å². The van der Waals surface area contributed by atoms with Crippen molar-refractivity contribution in [2.45, 2.75) is 0 Å². The Morgan fingerprint density at radius 3 is 2.60 bits per heavy atom. The number of pyridine rings is 1. The fraction of sp³-hybridized carbons (Fsp3) is 0.0667. The molecule has 3 aromatic rings. The molecule has 2 heterocycles. The molecule has 98 valence electrons. The number of methoxy groups -OCH3 is 1. The Kier molecular flexibility index (Phi) is 2.84. The molecular weight excluding hydrogens is 257 g/mol. The first kappa shape index (κ1) is 12.2. The summed E-state index contributed by atoms with van der Waals surface area (Å²) < 4.78 is 19.8. The summed E-state index contributed by atoms with van der Waals surface area (Å²) in [5.74, 6) is 0.315. The molecule has 4 nitrogen and oxygen atoms in total. The number of benzene rings is 1. The molecule has 0 fully saturated rings. The summed E-state index contributed by atoms with van der Waals surface area (Å²) in [6.07, 6.45) is 1.26. The lowest BCUT2D eigenvalue weighted by atomic mass is 10.1. The molecule has 0 aliphatic heterocycles. The first-order chi connectivity index (χ1) is 9.72. The van der Waals surface area contributed by atoms with Gasteiger partial charge in [0.1, 0.15) is 29.0 Å². The van der Waals surface area contributed by atoms with Crippen LogP contribution in [0.1, 0.15) is 5.69 Å². The summed E-state index contributed by atoms with van der Waals surface area (Å²) in [6.45, 7) is 0. The van der Waals surface area contributed by atoms with Gasteiger partial charge in [0.05, 0.1) is 7.11 Å². The van der Waals surface area contributed by atoms with E-state index >= 15 is 0 Å². The Bertz CT molecular complexity index is 815. The summed E-state index contributed by atoms with van der Waals surface area (Å²) in [7, 11) is 1.59. The number of nitriles is 1. The number of nitrogens with zero attached hydrogens (tertiary/aromatic N) is 3. The molecule has 0 aliphatic rings. The van der Waals surface area contributed by atoms with Gasteiger partial charge in [-0.05, 0) is 36.4 Å². The largest absolute Gasteiger partial charge is 0.497 e. The molecule has 0 aliphatic carbocycles. The molecule has 20 heavy (non-hydrogen) atoms. The fourth-order valence-corrected chi connectivity index (χ4v) is 2.08. The zero-order chi connectivity index (χ0) is 14.1. The molecular formula is C15H10FN3O. The third kappa shape index (κ3) is 1.88. The Hall–Kier alpha value is -2.87. The van der Waals surface area contributed by atoms with Crippen molar-refractivity contribution in [3.8, 4) is 23.1 Å². The van der Waals surface area contributed by atoms with Gasteiger partial charge in [0, 0.05) is 11.8 Å². The van der Waals surface area contributed by atoms with Gasteiger partial charge in [-0.3, -0.25) is 4.40 Å². The third-order valence-electron chi connectivity index (χ3n) is 3.05. The van der Waals surface area contributed by atoms with Gasteiger partial charge >= 0.3 is 0 Å². The lowest BCUT2D eigenvalue weighted by molar-refractivity contribution is 0.415. The standard InChI is InChI=1S/C15H10FN3O/c1-20-12-5-2-10(3-6-12)15-13(8-17)19-9-11(16)4-7-14(19)18-15/h2-7,9H,1H3. The number of fused-ring (bicyclic) bond motifs is 1. The maximum absolute atomic E-state index is 13.3. The number of aromatic nitrogens is 2. The Morgan fingerprint density at radius 1 is 1.20 bits per heavy atom. The molecule has 0 saturated carbocycles. The Morgan fingerprint density at radius 2 is 1.95 bits per heavy atom. The number of imidazole rings is 1. The summed E-state index contributed by atoms with van der Waals surface area (Å²) in [5, 5.41) is 9.30. The fourth-order valence-electron chi connectivity index (χ4n) is 2.08. The molecule has 0 amide bonds. The van der Waals surface area contributed by atoms with E-state index in [0.717, 1.165) is 11.3 Å². The first-order valence-corrected chi connectivity index (χ1v) is 5.95. The van der Waals surface area contributed by atoms with E-state index in [1.54, 1.807) is 25.3 Å². The predicted octanol–water partition coefficient (Wildman–Crippen LogP) is 3.02. The van der Waals surface area contributed by atoms with Crippen LogP contribution in [0.15, 0.2) is 42.6 Å². The van der Waals surface area contributed by atoms with Gasteiger partial charge < -0.3 is 4.74 Å². The van der Waals surface area contributed by atoms with Crippen molar-refractivity contribution in [2.24, 2.45) is 0 Å². The van der Waals surface area contributed by atoms with E-state index in [0.29, 0.717) is 17.0 Å². The van der Waals surface area contributed by atoms with E-state index in [1.165, 1.54) is 16.7 Å². The maximum Gasteiger partial charge on any atom is 0.152 e. The van der Waals surface area contributed by atoms with Crippen LogP contribution in [0.3, 0.4) is 0 Å². The van der Waals surface area contributed by atoms with Gasteiger partial charge in [-0.25, -0.2) is 9.37 Å². The predicted molar refractivity (Wildman–Crippen MR) is 71.9 cm³/mol. The quantitative estimate of drug-likeness (QED) is 0.717. The second-order valence-electron chi connectivity index (χ2n) is 4.22. The monoisotopic (exact) mass is 267 g/mol. The number of hydrogen-bond donors (Lipinski definition) is 0. The van der Waals surface area contributed by atoms with Crippen molar-refractivity contribution < 1.29 is 9.13 Å². The lowest BCUT2D eigenvalue weighted by Crippen LogP contribution is -1.90. The minimum atomic E-state index is -0.410. The molecule has 0 N–H and O–H groups in total. The van der Waals surface area contributed by atoms with E-state index in [4.69, 9.17) is 4.74 Å². The molecule has 5 heteroatoms. The van der Waals surface area contributed by atoms with Crippen molar-refractivity contribution in [1.29, 1.82) is 5.26 Å². The molecule has 0 spiro atoms. The number of hydrogen-bond acceptors (Lipinski definition) is 3. The molecule has 0 bridgehead atoms. The molecule has 3 rings (SSSR count). The highest BCUT2D eigenvalue weighted by Crippen LogP contribution is 2.26. The molecule has 0 unspecified atom stereocenters. The second kappa shape index (κ2) is 4.67. The molecule has 0 radical (unpaired) electrons. The Balaban J connectivity index is 2.22. The second-order valence-corrected chi connectivity index (χ2v) is 4.22. The minimum Gasteiger partial charge on any atom is -0.497 e. The summed E-state index contributed by atoms with van der Waals surface area (Å²) in [6, 6.07) is 12.2. The first-order valence-electron chi connectivity index (χ1n) is 5.95. The van der Waals surface area contributed by atoms with Crippen molar-refractivity contribution in [2.75, 3.05) is 7.11 Å². The normalized spacial score (nSPS) is 10.4. The number of halogens is 1. The van der Waals surface area contributed by atoms with E-state index in [2.05, 4.69) is 11.1 Å². The van der Waals surface area contributed by atoms with Crippen molar-refractivity contribution >= 4 is 5.65 Å². The van der Waals surface area contributed by atoms with Crippen LogP contribution in [-0.2, 0) is 0 Å². The van der Waals surface area contributed by atoms with Crippen LogP contribution in [0, 0.1) is 17.1 Å². The molecule has 1 aromatic carbocycles. The van der Waals surface area contributed by atoms with Crippen LogP contribution in [0.5, 0.6) is 5.75 Å². The van der Waals surface area contributed by atoms with E-state index in [1.807, 2.05) is 12.1 Å². The van der Waals surface area contributed by atoms with Gasteiger partial charge in [0.2, 0.25) is 0 Å². The van der Waals surface area contributed by atoms with E-state index < -0.39 is 5.82 Å². The van der Waals surface area contributed by atoms with Crippen LogP contribution < -0.4 is 4.74 Å². The summed E-state index contributed by atoms with van der Waals surface area (Å²) in [5.41, 5.74) is 2.16. The number of rotatable bonds is 2. The zero-order valence-electron chi connectivity index (χ0n) is 10.7. The van der Waals surface area contributed by atoms with Gasteiger partial charge in [-0.2, -0.15) is 5.26 Å². The number of ether oxygens (including phenoxy) is 1. The van der Waals surface area contributed by atoms with Gasteiger partial charge in [-0.15, -0.1) is 0 Å². The van der Waals surface area contributed by atoms with Crippen molar-refractivity contribution in [3.63, 3.8) is 0 Å². The molecule has 2 aromatic heterocycles. The summed E-state index contributed by atoms with van der Waals surface area (Å²) in [4.78, 5) is 4.38. The molecule has 0 saturated heterocycles. The smallest absolute Gasteiger partial charge is 0.152 e. The highest BCUT2D eigenvalue weighted by Gasteiger charge is 2.14. The highest BCUT2D eigenvalue weighted by molar-refractivity contribution is 5.70. The van der Waals surface area contributed by atoms with Crippen LogP contribution in [0.2, 0.25) is 0 Å². The minimum absolute atomic E-state index is 0.310. The van der Waals surface area contributed by atoms with Crippen LogP contribution in [0.4, 0.5) is 4.39 Å². The highest BCUT2D eigenvalue weighted by atomic mass is 19.1. The van der Waals surface area contributed by atoms with E-state index in [-0.39, 0.29) is 0 Å². The topological polar surface area (TPSA) is 50.3 Å². The van der Waals surface area contributed by atoms with Crippen LogP contribution in [0.25, 0.3) is 16.9 Å².